The van der Waals surface area contributed by atoms with Crippen LogP contribution < -0.4 is 0 Å². The van der Waals surface area contributed by atoms with Crippen LogP contribution in [0.15, 0.2) is 0 Å². The van der Waals surface area contributed by atoms with Crippen molar-refractivity contribution in [1.29, 1.82) is 0 Å². The molecule has 0 bridgehead atoms. The van der Waals surface area contributed by atoms with E-state index in [1.54, 1.807) is 6.92 Å². The number of ether oxygens (including phenoxy) is 2. The van der Waals surface area contributed by atoms with Gasteiger partial charge in [0, 0.05) is 24.3 Å². The molecule has 1 aliphatic rings. The molecule has 14 heavy (non-hydrogen) atoms. The maximum atomic E-state index is 11.1. The minimum atomic E-state index is -0.155. The number of rotatable bonds is 5. The fraction of sp³-hybridized carbons (Fsp3) is 0.900. The van der Waals surface area contributed by atoms with Crippen molar-refractivity contribution >= 4 is 17.6 Å². The average molecular weight is 221 g/mol. The Morgan fingerprint density at radius 2 is 2.50 bits per heavy atom. The molecule has 2 unspecified atom stereocenters. The van der Waals surface area contributed by atoms with Gasteiger partial charge in [0.15, 0.2) is 0 Å². The third-order valence-electron chi connectivity index (χ3n) is 2.41. The average Bonchev–Trinajstić information content (AvgIpc) is 2.67. The van der Waals surface area contributed by atoms with Gasteiger partial charge in [0.05, 0.1) is 13.2 Å². The number of hydrogen-bond acceptors (Lipinski definition) is 3. The molecule has 1 fully saturated rings. The Hall–Kier alpha value is -0.280. The summed E-state index contributed by atoms with van der Waals surface area (Å²) >= 11 is 6.14. The molecule has 0 amide bonds. The van der Waals surface area contributed by atoms with Crippen LogP contribution in [0.5, 0.6) is 0 Å². The van der Waals surface area contributed by atoms with E-state index < -0.39 is 0 Å². The molecule has 0 aliphatic carbocycles. The highest BCUT2D eigenvalue weighted by Gasteiger charge is 2.24. The third kappa shape index (κ3) is 3.84. The second-order valence-corrected chi connectivity index (χ2v) is 4.04. The largest absolute Gasteiger partial charge is 0.466 e. The van der Waals surface area contributed by atoms with Crippen molar-refractivity contribution in [2.45, 2.75) is 31.6 Å². The first-order valence-corrected chi connectivity index (χ1v) is 5.55. The first-order chi connectivity index (χ1) is 6.74. The van der Waals surface area contributed by atoms with Gasteiger partial charge < -0.3 is 9.47 Å². The maximum Gasteiger partial charge on any atom is 0.305 e. The predicted octanol–water partition coefficient (Wildman–Crippen LogP) is 1.97. The van der Waals surface area contributed by atoms with E-state index in [1.165, 1.54) is 0 Å². The molecule has 4 heteroatoms. The lowest BCUT2D eigenvalue weighted by molar-refractivity contribution is -0.143. The SMILES string of the molecule is CCOC(=O)CCC(Cl)C1CCOC1. The number of carbonyl (C=O) groups is 1. The second kappa shape index (κ2) is 6.25. The van der Waals surface area contributed by atoms with Crippen LogP contribution in [0.2, 0.25) is 0 Å². The molecule has 0 aromatic heterocycles. The minimum absolute atomic E-state index is 0.0434. The Morgan fingerprint density at radius 3 is 3.07 bits per heavy atom. The molecule has 0 radical (unpaired) electrons. The normalized spacial score (nSPS) is 23.4. The summed E-state index contributed by atoms with van der Waals surface area (Å²) in [5.41, 5.74) is 0. The van der Waals surface area contributed by atoms with E-state index in [4.69, 9.17) is 21.1 Å². The molecule has 1 aliphatic heterocycles. The zero-order valence-corrected chi connectivity index (χ0v) is 9.26. The van der Waals surface area contributed by atoms with Crippen LogP contribution in [0.1, 0.15) is 26.2 Å². The molecule has 0 N–H and O–H groups in total. The standard InChI is InChI=1S/C10H17ClO3/c1-2-14-10(12)4-3-9(11)8-5-6-13-7-8/h8-9H,2-7H2,1H3. The van der Waals surface area contributed by atoms with Gasteiger partial charge in [-0.05, 0) is 19.8 Å². The zero-order valence-electron chi connectivity index (χ0n) is 8.50. The van der Waals surface area contributed by atoms with Crippen molar-refractivity contribution in [1.82, 2.24) is 0 Å². The van der Waals surface area contributed by atoms with Crippen LogP contribution in [0.3, 0.4) is 0 Å². The van der Waals surface area contributed by atoms with E-state index in [-0.39, 0.29) is 11.3 Å². The Kier molecular flexibility index (Phi) is 5.26. The summed E-state index contributed by atoms with van der Waals surface area (Å²) in [6.45, 7) is 3.78. The van der Waals surface area contributed by atoms with E-state index >= 15 is 0 Å². The Bertz CT molecular complexity index is 178. The van der Waals surface area contributed by atoms with E-state index in [0.717, 1.165) is 19.6 Å². The summed E-state index contributed by atoms with van der Waals surface area (Å²) in [7, 11) is 0. The summed E-state index contributed by atoms with van der Waals surface area (Å²) in [4.78, 5) is 11.1. The molecular formula is C10H17ClO3. The van der Waals surface area contributed by atoms with Crippen LogP contribution >= 0.6 is 11.6 Å². The van der Waals surface area contributed by atoms with Crippen molar-refractivity contribution in [3.8, 4) is 0 Å². The van der Waals surface area contributed by atoms with Crippen molar-refractivity contribution in [2.75, 3.05) is 19.8 Å². The topological polar surface area (TPSA) is 35.5 Å². The second-order valence-electron chi connectivity index (χ2n) is 3.48. The molecule has 82 valence electrons. The van der Waals surface area contributed by atoms with Gasteiger partial charge in [-0.1, -0.05) is 0 Å². The van der Waals surface area contributed by atoms with Crippen LogP contribution in [-0.2, 0) is 14.3 Å². The monoisotopic (exact) mass is 220 g/mol. The van der Waals surface area contributed by atoms with Gasteiger partial charge in [-0.3, -0.25) is 4.79 Å². The first kappa shape index (κ1) is 11.8. The molecule has 2 atom stereocenters. The summed E-state index contributed by atoms with van der Waals surface area (Å²) in [5.74, 6) is 0.253. The van der Waals surface area contributed by atoms with E-state index in [0.29, 0.717) is 25.4 Å². The maximum absolute atomic E-state index is 11.1. The summed E-state index contributed by atoms with van der Waals surface area (Å²) in [5, 5.41) is 0.0434. The zero-order chi connectivity index (χ0) is 10.4. The number of halogens is 1. The van der Waals surface area contributed by atoms with Gasteiger partial charge in [-0.25, -0.2) is 0 Å². The molecule has 1 heterocycles. The van der Waals surface area contributed by atoms with E-state index in [2.05, 4.69) is 0 Å². The van der Waals surface area contributed by atoms with Crippen molar-refractivity contribution in [3.63, 3.8) is 0 Å². The molecule has 0 aromatic carbocycles. The van der Waals surface area contributed by atoms with Crippen LogP contribution in [0, 0.1) is 5.92 Å². The molecule has 1 rings (SSSR count). The third-order valence-corrected chi connectivity index (χ3v) is 2.98. The fourth-order valence-electron chi connectivity index (χ4n) is 1.56. The Labute approximate surface area is 89.7 Å². The van der Waals surface area contributed by atoms with Gasteiger partial charge in [0.2, 0.25) is 0 Å². The van der Waals surface area contributed by atoms with Gasteiger partial charge >= 0.3 is 5.97 Å². The molecular weight excluding hydrogens is 204 g/mol. The fourth-order valence-corrected chi connectivity index (χ4v) is 1.87. The molecule has 1 saturated heterocycles. The van der Waals surface area contributed by atoms with Crippen molar-refractivity contribution < 1.29 is 14.3 Å². The van der Waals surface area contributed by atoms with Crippen molar-refractivity contribution in [3.05, 3.63) is 0 Å². The summed E-state index contributed by atoms with van der Waals surface area (Å²) in [6.07, 6.45) is 2.11. The lowest BCUT2D eigenvalue weighted by Crippen LogP contribution is -2.17. The quantitative estimate of drug-likeness (QED) is 0.525. The van der Waals surface area contributed by atoms with E-state index in [1.807, 2.05) is 0 Å². The van der Waals surface area contributed by atoms with Crippen LogP contribution in [-0.4, -0.2) is 31.2 Å². The molecule has 0 aromatic rings. The number of hydrogen-bond donors (Lipinski definition) is 0. The Balaban J connectivity index is 2.13. The molecule has 0 spiro atoms. The molecule has 3 nitrogen and oxygen atoms in total. The van der Waals surface area contributed by atoms with Gasteiger partial charge in [0.25, 0.3) is 0 Å². The highest BCUT2D eigenvalue weighted by molar-refractivity contribution is 6.20. The lowest BCUT2D eigenvalue weighted by Gasteiger charge is -2.14. The Morgan fingerprint density at radius 1 is 1.71 bits per heavy atom. The number of alkyl halides is 1. The molecule has 0 saturated carbocycles. The van der Waals surface area contributed by atoms with Crippen molar-refractivity contribution in [2.24, 2.45) is 5.92 Å². The summed E-state index contributed by atoms with van der Waals surface area (Å²) in [6, 6.07) is 0. The van der Waals surface area contributed by atoms with Crippen LogP contribution in [0.4, 0.5) is 0 Å². The minimum Gasteiger partial charge on any atom is -0.466 e. The lowest BCUT2D eigenvalue weighted by atomic mass is 10.0. The number of esters is 1. The summed E-state index contributed by atoms with van der Waals surface area (Å²) < 4.78 is 10.1. The van der Waals surface area contributed by atoms with Crippen LogP contribution in [0.25, 0.3) is 0 Å². The predicted molar refractivity (Wildman–Crippen MR) is 54.4 cm³/mol. The van der Waals surface area contributed by atoms with Gasteiger partial charge in [-0.15, -0.1) is 11.6 Å². The smallest absolute Gasteiger partial charge is 0.305 e. The highest BCUT2D eigenvalue weighted by atomic mass is 35.5. The van der Waals surface area contributed by atoms with E-state index in [9.17, 15) is 4.79 Å². The highest BCUT2D eigenvalue weighted by Crippen LogP contribution is 2.24. The van der Waals surface area contributed by atoms with Gasteiger partial charge in [-0.2, -0.15) is 0 Å². The van der Waals surface area contributed by atoms with Gasteiger partial charge in [0.1, 0.15) is 0 Å². The number of carbonyl (C=O) groups excluding carboxylic acids is 1. The first-order valence-electron chi connectivity index (χ1n) is 5.11.